The molecule has 0 aliphatic heterocycles. The lowest BCUT2D eigenvalue weighted by molar-refractivity contribution is -0.117. The number of carbonyl (C=O) groups is 2. The molecule has 7 nitrogen and oxygen atoms in total. The van der Waals surface area contributed by atoms with Crippen molar-refractivity contribution < 1.29 is 9.59 Å². The summed E-state index contributed by atoms with van der Waals surface area (Å²) in [6.07, 6.45) is 5.96. The molecular formula is C30H25N5O2. The zero-order valence-corrected chi connectivity index (χ0v) is 20.1. The number of aromatic nitrogens is 2. The first-order chi connectivity index (χ1) is 18.1. The smallest absolute Gasteiger partial charge is 0.261 e. The van der Waals surface area contributed by atoms with E-state index in [0.717, 1.165) is 33.1 Å². The first-order valence-electron chi connectivity index (χ1n) is 12.0. The Bertz CT molecular complexity index is 1650. The number of hydrogen-bond acceptors (Lipinski definition) is 3. The fourth-order valence-corrected chi connectivity index (χ4v) is 4.45. The Morgan fingerprint density at radius 2 is 1.68 bits per heavy atom. The van der Waals surface area contributed by atoms with Crippen molar-refractivity contribution in [2.24, 2.45) is 0 Å². The van der Waals surface area contributed by atoms with E-state index in [0.29, 0.717) is 18.5 Å². The molecule has 0 spiro atoms. The van der Waals surface area contributed by atoms with Gasteiger partial charge in [-0.3, -0.25) is 9.59 Å². The predicted molar refractivity (Wildman–Crippen MR) is 146 cm³/mol. The van der Waals surface area contributed by atoms with Gasteiger partial charge in [0.1, 0.15) is 18.2 Å². The van der Waals surface area contributed by atoms with Crippen molar-refractivity contribution in [1.29, 1.82) is 5.26 Å². The number of carbonyl (C=O) groups excluding carboxylic acids is 2. The number of para-hydroxylation sites is 3. The largest absolute Gasteiger partial charge is 0.361 e. The molecule has 2 aromatic heterocycles. The topological polar surface area (TPSA) is 103 Å². The molecule has 0 unspecified atom stereocenters. The number of fused-ring (bicyclic) bond motifs is 2. The maximum Gasteiger partial charge on any atom is 0.261 e. The third-order valence-electron chi connectivity index (χ3n) is 6.21. The number of H-pyrrole nitrogens is 1. The van der Waals surface area contributed by atoms with Crippen LogP contribution in [-0.4, -0.2) is 27.9 Å². The molecule has 0 bridgehead atoms. The number of nitrogens with one attached hydrogen (secondary N) is 3. The van der Waals surface area contributed by atoms with E-state index in [1.807, 2.05) is 95.7 Å². The van der Waals surface area contributed by atoms with Gasteiger partial charge in [0.05, 0.1) is 0 Å². The monoisotopic (exact) mass is 487 g/mol. The molecule has 0 fully saturated rings. The van der Waals surface area contributed by atoms with Crippen molar-refractivity contribution in [3.05, 3.63) is 108 Å². The Hall–Kier alpha value is -5.09. The molecule has 0 aliphatic carbocycles. The molecule has 3 N–H and O–H groups in total. The Morgan fingerprint density at radius 3 is 2.49 bits per heavy atom. The highest BCUT2D eigenvalue weighted by Crippen LogP contribution is 2.24. The molecule has 2 heterocycles. The van der Waals surface area contributed by atoms with Gasteiger partial charge in [-0.1, -0.05) is 54.6 Å². The van der Waals surface area contributed by atoms with Crippen molar-refractivity contribution in [3.63, 3.8) is 0 Å². The van der Waals surface area contributed by atoms with Gasteiger partial charge in [-0.05, 0) is 42.3 Å². The first kappa shape index (κ1) is 23.6. The SMILES string of the molecule is N#C/C(=C/c1cn(CC(=O)Nc2ccccc2)c2ccccc12)C(=O)NCCc1c[nH]c2ccccc12. The zero-order valence-electron chi connectivity index (χ0n) is 20.1. The van der Waals surface area contributed by atoms with Crippen molar-refractivity contribution in [3.8, 4) is 6.07 Å². The van der Waals surface area contributed by atoms with E-state index in [1.54, 1.807) is 12.3 Å². The molecule has 5 rings (SSSR count). The minimum absolute atomic E-state index is 0.00978. The summed E-state index contributed by atoms with van der Waals surface area (Å²) in [6, 6.07) is 26.9. The number of rotatable bonds is 8. The molecular weight excluding hydrogens is 462 g/mol. The molecule has 0 radical (unpaired) electrons. The van der Waals surface area contributed by atoms with Gasteiger partial charge in [0, 0.05) is 52.0 Å². The van der Waals surface area contributed by atoms with Crippen LogP contribution in [0.15, 0.2) is 96.8 Å². The Morgan fingerprint density at radius 1 is 0.946 bits per heavy atom. The maximum absolute atomic E-state index is 12.8. The van der Waals surface area contributed by atoms with Gasteiger partial charge in [0.15, 0.2) is 0 Å². The van der Waals surface area contributed by atoms with E-state index in [1.165, 1.54) is 0 Å². The second-order valence-electron chi connectivity index (χ2n) is 8.68. The van der Waals surface area contributed by atoms with E-state index in [9.17, 15) is 14.9 Å². The summed E-state index contributed by atoms with van der Waals surface area (Å²) < 4.78 is 1.82. The normalized spacial score (nSPS) is 11.4. The molecule has 37 heavy (non-hydrogen) atoms. The van der Waals surface area contributed by atoms with Crippen LogP contribution in [0.5, 0.6) is 0 Å². The highest BCUT2D eigenvalue weighted by atomic mass is 16.2. The molecule has 2 amide bonds. The average molecular weight is 488 g/mol. The Kier molecular flexibility index (Phi) is 6.82. The maximum atomic E-state index is 12.8. The lowest BCUT2D eigenvalue weighted by Gasteiger charge is -2.07. The molecule has 182 valence electrons. The minimum Gasteiger partial charge on any atom is -0.361 e. The van der Waals surface area contributed by atoms with Gasteiger partial charge in [-0.2, -0.15) is 5.26 Å². The molecule has 0 saturated heterocycles. The molecule has 7 heteroatoms. The van der Waals surface area contributed by atoms with Crippen LogP contribution in [0.25, 0.3) is 27.9 Å². The van der Waals surface area contributed by atoms with Crippen LogP contribution in [0.4, 0.5) is 5.69 Å². The van der Waals surface area contributed by atoms with E-state index in [4.69, 9.17) is 0 Å². The van der Waals surface area contributed by atoms with Crippen LogP contribution in [0.2, 0.25) is 0 Å². The summed E-state index contributed by atoms with van der Waals surface area (Å²) in [5, 5.41) is 17.4. The van der Waals surface area contributed by atoms with Gasteiger partial charge in [-0.25, -0.2) is 0 Å². The zero-order chi connectivity index (χ0) is 25.6. The summed E-state index contributed by atoms with van der Waals surface area (Å²) in [6.45, 7) is 0.503. The van der Waals surface area contributed by atoms with Crippen molar-refractivity contribution in [1.82, 2.24) is 14.9 Å². The highest BCUT2D eigenvalue weighted by Gasteiger charge is 2.14. The van der Waals surface area contributed by atoms with Gasteiger partial charge in [0.2, 0.25) is 5.91 Å². The quantitative estimate of drug-likeness (QED) is 0.211. The number of nitriles is 1. The number of amides is 2. The summed E-state index contributed by atoms with van der Waals surface area (Å²) in [5.74, 6) is -0.598. The molecule has 0 saturated carbocycles. The van der Waals surface area contributed by atoms with Crippen molar-refractivity contribution in [2.45, 2.75) is 13.0 Å². The number of benzene rings is 3. The van der Waals surface area contributed by atoms with Gasteiger partial charge >= 0.3 is 0 Å². The minimum atomic E-state index is -0.430. The van der Waals surface area contributed by atoms with Crippen LogP contribution < -0.4 is 10.6 Å². The standard InChI is InChI=1S/C30H25N5O2/c31-17-22(30(37)32-15-14-21-18-33-27-12-6-4-10-25(21)27)16-23-19-35(28-13-7-5-11-26(23)28)20-29(36)34-24-8-2-1-3-9-24/h1-13,16,18-19,33H,14-15,20H2,(H,32,37)(H,34,36)/b22-16-. The van der Waals surface area contributed by atoms with Gasteiger partial charge in [0.25, 0.3) is 5.91 Å². The molecule has 3 aromatic carbocycles. The van der Waals surface area contributed by atoms with Crippen LogP contribution in [0, 0.1) is 11.3 Å². The lowest BCUT2D eigenvalue weighted by Crippen LogP contribution is -2.26. The van der Waals surface area contributed by atoms with E-state index < -0.39 is 5.91 Å². The predicted octanol–water partition coefficient (Wildman–Crippen LogP) is 5.03. The number of hydrogen-bond donors (Lipinski definition) is 3. The number of aromatic amines is 1. The van der Waals surface area contributed by atoms with Crippen LogP contribution in [0.3, 0.4) is 0 Å². The summed E-state index contributed by atoms with van der Waals surface area (Å²) >= 11 is 0. The lowest BCUT2D eigenvalue weighted by atomic mass is 10.1. The Balaban J connectivity index is 1.31. The number of nitrogens with zero attached hydrogens (tertiary/aromatic N) is 2. The summed E-state index contributed by atoms with van der Waals surface area (Å²) in [7, 11) is 0. The highest BCUT2D eigenvalue weighted by molar-refractivity contribution is 6.04. The molecule has 0 aliphatic rings. The van der Waals surface area contributed by atoms with E-state index in [2.05, 4.69) is 15.6 Å². The second kappa shape index (κ2) is 10.7. The van der Waals surface area contributed by atoms with E-state index in [-0.39, 0.29) is 18.0 Å². The fraction of sp³-hybridized carbons (Fsp3) is 0.100. The third kappa shape index (κ3) is 5.29. The van der Waals surface area contributed by atoms with Gasteiger partial charge in [-0.15, -0.1) is 0 Å². The van der Waals surface area contributed by atoms with Crippen LogP contribution in [0.1, 0.15) is 11.1 Å². The van der Waals surface area contributed by atoms with Crippen molar-refractivity contribution >= 4 is 45.4 Å². The third-order valence-corrected chi connectivity index (χ3v) is 6.21. The average Bonchev–Trinajstić information content (AvgIpc) is 3.49. The van der Waals surface area contributed by atoms with Gasteiger partial charge < -0.3 is 20.2 Å². The summed E-state index contributed by atoms with van der Waals surface area (Å²) in [4.78, 5) is 28.7. The van der Waals surface area contributed by atoms with Crippen LogP contribution >= 0.6 is 0 Å². The van der Waals surface area contributed by atoms with Crippen molar-refractivity contribution in [2.75, 3.05) is 11.9 Å². The second-order valence-corrected chi connectivity index (χ2v) is 8.68. The number of anilines is 1. The molecule has 0 atom stereocenters. The summed E-state index contributed by atoms with van der Waals surface area (Å²) in [5.41, 5.74) is 4.43. The fourth-order valence-electron chi connectivity index (χ4n) is 4.45. The molecule has 5 aromatic rings. The van der Waals surface area contributed by atoms with E-state index >= 15 is 0 Å². The Labute approximate surface area is 214 Å². The first-order valence-corrected chi connectivity index (χ1v) is 12.0. The van der Waals surface area contributed by atoms with Crippen LogP contribution in [-0.2, 0) is 22.6 Å².